The van der Waals surface area contributed by atoms with E-state index in [0.717, 1.165) is 33.6 Å². The van der Waals surface area contributed by atoms with Gasteiger partial charge in [0, 0.05) is 23.1 Å². The van der Waals surface area contributed by atoms with Crippen LogP contribution in [0.4, 0.5) is 11.4 Å². The van der Waals surface area contributed by atoms with E-state index >= 15 is 0 Å². The van der Waals surface area contributed by atoms with Gasteiger partial charge in [-0.15, -0.1) is 0 Å². The van der Waals surface area contributed by atoms with Crippen molar-refractivity contribution in [1.82, 2.24) is 4.98 Å². The van der Waals surface area contributed by atoms with Gasteiger partial charge in [-0.1, -0.05) is 24.3 Å². The molecule has 3 rings (SSSR count). The third kappa shape index (κ3) is 4.43. The molecule has 0 radical (unpaired) electrons. The van der Waals surface area contributed by atoms with Gasteiger partial charge in [0.25, 0.3) is 11.8 Å². The zero-order valence-electron chi connectivity index (χ0n) is 16.5. The minimum atomic E-state index is -0.349. The largest absolute Gasteiger partial charge is 0.322 e. The Morgan fingerprint density at radius 2 is 1.43 bits per heavy atom. The van der Waals surface area contributed by atoms with Crippen molar-refractivity contribution in [3.63, 3.8) is 0 Å². The number of carbonyl (C=O) groups is 2. The van der Waals surface area contributed by atoms with E-state index < -0.39 is 0 Å². The van der Waals surface area contributed by atoms with Gasteiger partial charge in [0.15, 0.2) is 0 Å². The van der Waals surface area contributed by atoms with Crippen LogP contribution in [0.25, 0.3) is 0 Å². The molecule has 2 amide bonds. The Bertz CT molecular complexity index is 1020. The highest BCUT2D eigenvalue weighted by Crippen LogP contribution is 2.20. The van der Waals surface area contributed by atoms with E-state index in [9.17, 15) is 9.59 Å². The topological polar surface area (TPSA) is 71.1 Å². The van der Waals surface area contributed by atoms with Crippen molar-refractivity contribution in [2.24, 2.45) is 0 Å². The van der Waals surface area contributed by atoms with E-state index in [1.54, 1.807) is 6.07 Å². The SMILES string of the molecule is Cc1cc(C)cc(NC(=O)c2ccnc(C(=O)Nc3c(C)cccc3C)c2)c1. The first-order chi connectivity index (χ1) is 13.3. The fraction of sp³-hybridized carbons (Fsp3) is 0.174. The van der Waals surface area contributed by atoms with Crippen molar-refractivity contribution in [1.29, 1.82) is 0 Å². The highest BCUT2D eigenvalue weighted by Gasteiger charge is 2.14. The molecule has 142 valence electrons. The zero-order valence-corrected chi connectivity index (χ0v) is 16.5. The molecule has 5 heteroatoms. The second-order valence-electron chi connectivity index (χ2n) is 6.98. The molecule has 0 spiro atoms. The second-order valence-corrected chi connectivity index (χ2v) is 6.98. The lowest BCUT2D eigenvalue weighted by Gasteiger charge is -2.12. The molecule has 2 aromatic carbocycles. The fourth-order valence-electron chi connectivity index (χ4n) is 3.14. The second kappa shape index (κ2) is 8.05. The first-order valence-corrected chi connectivity index (χ1v) is 9.07. The van der Waals surface area contributed by atoms with Crippen LogP contribution in [-0.4, -0.2) is 16.8 Å². The number of pyridine rings is 1. The zero-order chi connectivity index (χ0) is 20.3. The Hall–Kier alpha value is -3.47. The molecule has 0 unspecified atom stereocenters. The molecule has 0 aliphatic carbocycles. The predicted molar refractivity (Wildman–Crippen MR) is 112 cm³/mol. The molecule has 0 saturated carbocycles. The number of para-hydroxylation sites is 1. The molecule has 0 atom stereocenters. The van der Waals surface area contributed by atoms with Crippen LogP contribution in [0, 0.1) is 27.7 Å². The number of benzene rings is 2. The molecule has 1 heterocycles. The van der Waals surface area contributed by atoms with Gasteiger partial charge in [0.1, 0.15) is 5.69 Å². The molecule has 0 aliphatic rings. The van der Waals surface area contributed by atoms with E-state index in [1.807, 2.05) is 64.1 Å². The van der Waals surface area contributed by atoms with Crippen LogP contribution >= 0.6 is 0 Å². The lowest BCUT2D eigenvalue weighted by atomic mass is 10.1. The van der Waals surface area contributed by atoms with Gasteiger partial charge < -0.3 is 10.6 Å². The minimum Gasteiger partial charge on any atom is -0.322 e. The highest BCUT2D eigenvalue weighted by atomic mass is 16.2. The van der Waals surface area contributed by atoms with Gasteiger partial charge >= 0.3 is 0 Å². The summed E-state index contributed by atoms with van der Waals surface area (Å²) in [7, 11) is 0. The first kappa shape index (κ1) is 19.3. The standard InChI is InChI=1S/C23H23N3O2/c1-14-10-15(2)12-19(11-14)25-22(27)18-8-9-24-20(13-18)23(28)26-21-16(3)6-5-7-17(21)4/h5-13H,1-4H3,(H,25,27)(H,26,28). The molecule has 2 N–H and O–H groups in total. The van der Waals surface area contributed by atoms with Crippen LogP contribution in [0.1, 0.15) is 43.1 Å². The lowest BCUT2D eigenvalue weighted by Crippen LogP contribution is -2.18. The molecule has 3 aromatic rings. The normalized spacial score (nSPS) is 10.4. The number of nitrogens with zero attached hydrogens (tertiary/aromatic N) is 1. The van der Waals surface area contributed by atoms with E-state index in [2.05, 4.69) is 15.6 Å². The molecular formula is C23H23N3O2. The third-order valence-corrected chi connectivity index (χ3v) is 4.45. The third-order valence-electron chi connectivity index (χ3n) is 4.45. The summed E-state index contributed by atoms with van der Waals surface area (Å²) in [5.41, 5.74) is 6.13. The molecular weight excluding hydrogens is 350 g/mol. The van der Waals surface area contributed by atoms with Crippen molar-refractivity contribution < 1.29 is 9.59 Å². The maximum absolute atomic E-state index is 12.6. The van der Waals surface area contributed by atoms with Gasteiger partial charge in [0.05, 0.1) is 0 Å². The summed E-state index contributed by atoms with van der Waals surface area (Å²) in [6.07, 6.45) is 1.47. The van der Waals surface area contributed by atoms with E-state index in [4.69, 9.17) is 0 Å². The Kier molecular flexibility index (Phi) is 5.54. The van der Waals surface area contributed by atoms with Crippen molar-refractivity contribution >= 4 is 23.2 Å². The number of aromatic nitrogens is 1. The van der Waals surface area contributed by atoms with Gasteiger partial charge in [0.2, 0.25) is 0 Å². The maximum atomic E-state index is 12.6. The molecule has 0 saturated heterocycles. The molecule has 0 aliphatic heterocycles. The predicted octanol–water partition coefficient (Wildman–Crippen LogP) is 4.82. The Morgan fingerprint density at radius 1 is 0.786 bits per heavy atom. The molecule has 0 bridgehead atoms. The van der Waals surface area contributed by atoms with Gasteiger partial charge in [-0.2, -0.15) is 0 Å². The average Bonchev–Trinajstić information content (AvgIpc) is 2.64. The number of carbonyl (C=O) groups excluding carboxylic acids is 2. The Balaban J connectivity index is 1.79. The molecule has 5 nitrogen and oxygen atoms in total. The number of hydrogen-bond donors (Lipinski definition) is 2. The smallest absolute Gasteiger partial charge is 0.274 e. The van der Waals surface area contributed by atoms with Crippen LogP contribution < -0.4 is 10.6 Å². The van der Waals surface area contributed by atoms with E-state index in [-0.39, 0.29) is 17.5 Å². The quantitative estimate of drug-likeness (QED) is 0.689. The minimum absolute atomic E-state index is 0.190. The highest BCUT2D eigenvalue weighted by molar-refractivity contribution is 6.08. The number of hydrogen-bond acceptors (Lipinski definition) is 3. The van der Waals surface area contributed by atoms with Crippen LogP contribution in [-0.2, 0) is 0 Å². The number of nitrogens with one attached hydrogen (secondary N) is 2. The number of rotatable bonds is 4. The fourth-order valence-corrected chi connectivity index (χ4v) is 3.14. The first-order valence-electron chi connectivity index (χ1n) is 9.07. The number of aryl methyl sites for hydroxylation is 4. The Labute approximate surface area is 164 Å². The summed E-state index contributed by atoms with van der Waals surface area (Å²) in [4.78, 5) is 29.4. The summed E-state index contributed by atoms with van der Waals surface area (Å²) in [6.45, 7) is 7.82. The van der Waals surface area contributed by atoms with Crippen LogP contribution in [0.2, 0.25) is 0 Å². The van der Waals surface area contributed by atoms with Gasteiger partial charge in [-0.25, -0.2) is 0 Å². The summed E-state index contributed by atoms with van der Waals surface area (Å²) >= 11 is 0. The number of anilines is 2. The average molecular weight is 373 g/mol. The van der Waals surface area contributed by atoms with E-state index in [0.29, 0.717) is 5.56 Å². The summed E-state index contributed by atoms with van der Waals surface area (Å²) in [6, 6.07) is 14.7. The molecule has 1 aromatic heterocycles. The van der Waals surface area contributed by atoms with E-state index in [1.165, 1.54) is 12.3 Å². The number of amides is 2. The van der Waals surface area contributed by atoms with Crippen molar-refractivity contribution in [2.45, 2.75) is 27.7 Å². The monoisotopic (exact) mass is 373 g/mol. The van der Waals surface area contributed by atoms with Crippen molar-refractivity contribution in [3.05, 3.63) is 88.2 Å². The molecule has 28 heavy (non-hydrogen) atoms. The van der Waals surface area contributed by atoms with Gasteiger partial charge in [-0.3, -0.25) is 14.6 Å². The van der Waals surface area contributed by atoms with Crippen molar-refractivity contribution in [2.75, 3.05) is 10.6 Å². The lowest BCUT2D eigenvalue weighted by molar-refractivity contribution is 0.102. The molecule has 0 fully saturated rings. The van der Waals surface area contributed by atoms with Crippen LogP contribution in [0.3, 0.4) is 0 Å². The summed E-state index contributed by atoms with van der Waals surface area (Å²) in [5, 5.41) is 5.77. The summed E-state index contributed by atoms with van der Waals surface area (Å²) in [5.74, 6) is -0.632. The van der Waals surface area contributed by atoms with Gasteiger partial charge in [-0.05, 0) is 74.2 Å². The maximum Gasteiger partial charge on any atom is 0.274 e. The van der Waals surface area contributed by atoms with Crippen molar-refractivity contribution in [3.8, 4) is 0 Å². The van der Waals surface area contributed by atoms with Crippen LogP contribution in [0.5, 0.6) is 0 Å². The summed E-state index contributed by atoms with van der Waals surface area (Å²) < 4.78 is 0. The van der Waals surface area contributed by atoms with Crippen LogP contribution in [0.15, 0.2) is 54.7 Å². The Morgan fingerprint density at radius 3 is 2.07 bits per heavy atom.